The van der Waals surface area contributed by atoms with E-state index in [0.29, 0.717) is 0 Å². The first-order valence-electron chi connectivity index (χ1n) is 7.43. The van der Waals surface area contributed by atoms with E-state index in [1.54, 1.807) is 0 Å². The number of hydrogen-bond acceptors (Lipinski definition) is 0. The maximum absolute atomic E-state index is 3.63. The molecule has 0 spiro atoms. The topological polar surface area (TPSA) is 0 Å². The highest BCUT2D eigenvalue weighted by molar-refractivity contribution is 9.09. The summed E-state index contributed by atoms with van der Waals surface area (Å²) in [5, 5.41) is 0. The van der Waals surface area contributed by atoms with E-state index in [-0.39, 0.29) is 0 Å². The molecule has 2 aliphatic rings. The fourth-order valence-electron chi connectivity index (χ4n) is 2.42. The predicted octanol–water partition coefficient (Wildman–Crippen LogP) is 6.33. The molecule has 0 aliphatic heterocycles. The minimum Gasteiger partial charge on any atom is -0.0891 e. The Morgan fingerprint density at radius 1 is 0.750 bits per heavy atom. The van der Waals surface area contributed by atoms with Crippen LogP contribution in [-0.4, -0.2) is 4.83 Å². The molecule has 1 heteroatoms. The van der Waals surface area contributed by atoms with Crippen molar-refractivity contribution in [3.05, 3.63) is 0 Å². The first-order valence-corrected chi connectivity index (χ1v) is 8.34. The van der Waals surface area contributed by atoms with Crippen LogP contribution in [0.25, 0.3) is 0 Å². The van der Waals surface area contributed by atoms with Gasteiger partial charge in [-0.05, 0) is 18.8 Å². The molecule has 2 fully saturated rings. The highest BCUT2D eigenvalue weighted by Crippen LogP contribution is 2.27. The van der Waals surface area contributed by atoms with E-state index in [2.05, 4.69) is 22.9 Å². The van der Waals surface area contributed by atoms with Gasteiger partial charge < -0.3 is 0 Å². The van der Waals surface area contributed by atoms with Crippen LogP contribution in [0.3, 0.4) is 0 Å². The summed E-state index contributed by atoms with van der Waals surface area (Å²) in [4.78, 5) is 0.825. The lowest BCUT2D eigenvalue weighted by atomic mass is 9.91. The molecule has 0 aromatic heterocycles. The van der Waals surface area contributed by atoms with Gasteiger partial charge in [0, 0.05) is 4.83 Å². The van der Waals surface area contributed by atoms with Crippen molar-refractivity contribution in [2.75, 3.05) is 0 Å². The Bertz CT molecular complexity index is 110. The summed E-state index contributed by atoms with van der Waals surface area (Å²) in [6.45, 7) is 6.34. The van der Waals surface area contributed by atoms with Crippen LogP contribution in [0.15, 0.2) is 0 Å². The third-order valence-electron chi connectivity index (χ3n) is 3.37. The van der Waals surface area contributed by atoms with Crippen LogP contribution in [0.4, 0.5) is 0 Å². The number of halogens is 1. The van der Waals surface area contributed by atoms with Gasteiger partial charge in [-0.2, -0.15) is 0 Å². The van der Waals surface area contributed by atoms with Crippen molar-refractivity contribution in [3.8, 4) is 0 Å². The molecule has 0 N–H and O–H groups in total. The smallest absolute Gasteiger partial charge is 0.0148 e. The Morgan fingerprint density at radius 3 is 1.44 bits per heavy atom. The third-order valence-corrected chi connectivity index (χ3v) is 4.20. The van der Waals surface area contributed by atoms with Crippen molar-refractivity contribution in [1.82, 2.24) is 0 Å². The SMILES string of the molecule is C1CCCCC1.CC.CC1CCCC(Br)C1. The van der Waals surface area contributed by atoms with Gasteiger partial charge in [0.05, 0.1) is 0 Å². The molecule has 0 amide bonds. The first kappa shape index (κ1) is 16.5. The molecule has 2 atom stereocenters. The molecule has 0 radical (unpaired) electrons. The Hall–Kier alpha value is 0.480. The molecule has 0 nitrogen and oxygen atoms in total. The van der Waals surface area contributed by atoms with Crippen molar-refractivity contribution >= 4 is 15.9 Å². The molecule has 2 rings (SSSR count). The van der Waals surface area contributed by atoms with Crippen molar-refractivity contribution in [2.24, 2.45) is 5.92 Å². The van der Waals surface area contributed by atoms with Crippen molar-refractivity contribution < 1.29 is 0 Å². The standard InChI is InChI=1S/C7H13Br.C6H12.C2H6/c1-6-3-2-4-7(8)5-6;1-2-4-6-5-3-1;1-2/h6-7H,2-5H2,1H3;1-6H2;1-2H3. The van der Waals surface area contributed by atoms with Gasteiger partial charge in [-0.1, -0.05) is 88.1 Å². The molecule has 0 aromatic carbocycles. The van der Waals surface area contributed by atoms with E-state index in [1.165, 1.54) is 64.2 Å². The average molecular weight is 291 g/mol. The highest BCUT2D eigenvalue weighted by atomic mass is 79.9. The van der Waals surface area contributed by atoms with E-state index in [1.807, 2.05) is 13.8 Å². The van der Waals surface area contributed by atoms with E-state index in [0.717, 1.165) is 10.7 Å². The van der Waals surface area contributed by atoms with Gasteiger partial charge in [0.2, 0.25) is 0 Å². The Balaban J connectivity index is 0.000000251. The monoisotopic (exact) mass is 290 g/mol. The molecule has 2 saturated carbocycles. The van der Waals surface area contributed by atoms with Gasteiger partial charge in [-0.25, -0.2) is 0 Å². The zero-order valence-electron chi connectivity index (χ0n) is 11.6. The van der Waals surface area contributed by atoms with Crippen molar-refractivity contribution in [1.29, 1.82) is 0 Å². The molecule has 2 aliphatic carbocycles. The molecule has 16 heavy (non-hydrogen) atoms. The molecule has 0 heterocycles. The van der Waals surface area contributed by atoms with Crippen LogP contribution in [0.1, 0.15) is 85.0 Å². The highest BCUT2D eigenvalue weighted by Gasteiger charge is 2.15. The summed E-state index contributed by atoms with van der Waals surface area (Å²) < 4.78 is 0. The molecule has 0 aromatic rings. The molecule has 0 bridgehead atoms. The summed E-state index contributed by atoms with van der Waals surface area (Å²) in [5.41, 5.74) is 0. The maximum Gasteiger partial charge on any atom is 0.0148 e. The van der Waals surface area contributed by atoms with Crippen LogP contribution >= 0.6 is 15.9 Å². The van der Waals surface area contributed by atoms with Crippen molar-refractivity contribution in [3.63, 3.8) is 0 Å². The largest absolute Gasteiger partial charge is 0.0891 e. The second-order valence-corrected chi connectivity index (χ2v) is 6.29. The van der Waals surface area contributed by atoms with Gasteiger partial charge in [0.25, 0.3) is 0 Å². The predicted molar refractivity (Wildman–Crippen MR) is 79.4 cm³/mol. The number of hydrogen-bond donors (Lipinski definition) is 0. The summed E-state index contributed by atoms with van der Waals surface area (Å²) in [6, 6.07) is 0. The molecule has 2 unspecified atom stereocenters. The summed E-state index contributed by atoms with van der Waals surface area (Å²) in [7, 11) is 0. The lowest BCUT2D eigenvalue weighted by molar-refractivity contribution is 0.398. The van der Waals surface area contributed by atoms with Crippen LogP contribution in [0.5, 0.6) is 0 Å². The Morgan fingerprint density at radius 2 is 1.19 bits per heavy atom. The number of rotatable bonds is 0. The van der Waals surface area contributed by atoms with E-state index in [9.17, 15) is 0 Å². The molecular formula is C15H31Br. The minimum absolute atomic E-state index is 0.825. The van der Waals surface area contributed by atoms with E-state index < -0.39 is 0 Å². The summed E-state index contributed by atoms with van der Waals surface area (Å²) in [6.07, 6.45) is 14.7. The van der Waals surface area contributed by atoms with Gasteiger partial charge in [0.15, 0.2) is 0 Å². The van der Waals surface area contributed by atoms with Gasteiger partial charge >= 0.3 is 0 Å². The third kappa shape index (κ3) is 9.69. The van der Waals surface area contributed by atoms with Crippen LogP contribution < -0.4 is 0 Å². The minimum atomic E-state index is 0.825. The van der Waals surface area contributed by atoms with Crippen LogP contribution in [-0.2, 0) is 0 Å². The average Bonchev–Trinajstić information content (AvgIpc) is 2.34. The van der Waals surface area contributed by atoms with Crippen molar-refractivity contribution in [2.45, 2.75) is 89.8 Å². The first-order chi connectivity index (χ1) is 7.79. The maximum atomic E-state index is 3.63. The Kier molecular flexibility index (Phi) is 12.3. The molecular weight excluding hydrogens is 260 g/mol. The van der Waals surface area contributed by atoms with E-state index >= 15 is 0 Å². The molecule has 0 saturated heterocycles. The summed E-state index contributed by atoms with van der Waals surface area (Å²) in [5.74, 6) is 0.966. The second-order valence-electron chi connectivity index (χ2n) is 4.99. The quantitative estimate of drug-likeness (QED) is 0.458. The van der Waals surface area contributed by atoms with Gasteiger partial charge in [0.1, 0.15) is 0 Å². The summed E-state index contributed by atoms with van der Waals surface area (Å²) >= 11 is 3.63. The number of alkyl halides is 1. The second kappa shape index (κ2) is 12.0. The fraction of sp³-hybridized carbons (Fsp3) is 1.00. The van der Waals surface area contributed by atoms with Gasteiger partial charge in [-0.3, -0.25) is 0 Å². The fourth-order valence-corrected chi connectivity index (χ4v) is 3.38. The van der Waals surface area contributed by atoms with Crippen LogP contribution in [0.2, 0.25) is 0 Å². The molecule has 98 valence electrons. The Labute approximate surface area is 112 Å². The zero-order chi connectivity index (χ0) is 12.2. The van der Waals surface area contributed by atoms with Crippen LogP contribution in [0, 0.1) is 5.92 Å². The lowest BCUT2D eigenvalue weighted by Gasteiger charge is -2.21. The lowest BCUT2D eigenvalue weighted by Crippen LogP contribution is -2.11. The normalized spacial score (nSPS) is 29.2. The zero-order valence-corrected chi connectivity index (χ0v) is 13.2. The van der Waals surface area contributed by atoms with E-state index in [4.69, 9.17) is 0 Å². The van der Waals surface area contributed by atoms with Gasteiger partial charge in [-0.15, -0.1) is 0 Å².